The van der Waals surface area contributed by atoms with Crippen LogP contribution in [0.4, 0.5) is 0 Å². The van der Waals surface area contributed by atoms with Crippen molar-refractivity contribution in [2.45, 2.75) is 13.0 Å². The summed E-state index contributed by atoms with van der Waals surface area (Å²) >= 11 is 0. The van der Waals surface area contributed by atoms with Crippen molar-refractivity contribution in [2.24, 2.45) is 5.73 Å². The predicted molar refractivity (Wildman–Crippen MR) is 49.1 cm³/mol. The molecule has 1 unspecified atom stereocenters. The lowest BCUT2D eigenvalue weighted by Gasteiger charge is -2.10. The van der Waals surface area contributed by atoms with E-state index in [9.17, 15) is 15.0 Å². The van der Waals surface area contributed by atoms with Gasteiger partial charge in [-0.05, 0) is 24.6 Å². The Labute approximate surface area is 80.4 Å². The Bertz CT molecular complexity index is 375. The molecule has 0 aliphatic rings. The van der Waals surface area contributed by atoms with Crippen LogP contribution in [0.2, 0.25) is 0 Å². The van der Waals surface area contributed by atoms with Crippen molar-refractivity contribution >= 4 is 5.97 Å². The number of carbonyl (C=O) groups is 1. The summed E-state index contributed by atoms with van der Waals surface area (Å²) in [4.78, 5) is 10.5. The standard InChI is InChI=1S/C9H11NO4/c1-4-2-7(12)5(3-6(4)11)8(10)9(13)14/h2-3,8,11-12H,10H2,1H3,(H,13,14). The van der Waals surface area contributed by atoms with Crippen LogP contribution < -0.4 is 5.73 Å². The number of carboxylic acids is 1. The van der Waals surface area contributed by atoms with E-state index >= 15 is 0 Å². The van der Waals surface area contributed by atoms with Crippen molar-refractivity contribution in [1.29, 1.82) is 0 Å². The van der Waals surface area contributed by atoms with Crippen molar-refractivity contribution in [2.75, 3.05) is 0 Å². The third-order valence-electron chi connectivity index (χ3n) is 1.95. The molecule has 0 aliphatic heterocycles. The topological polar surface area (TPSA) is 104 Å². The van der Waals surface area contributed by atoms with Gasteiger partial charge in [-0.3, -0.25) is 4.79 Å². The van der Waals surface area contributed by atoms with Crippen LogP contribution in [-0.2, 0) is 4.79 Å². The molecule has 0 fully saturated rings. The Balaban J connectivity index is 3.22. The van der Waals surface area contributed by atoms with E-state index in [2.05, 4.69) is 0 Å². The molecule has 5 nitrogen and oxygen atoms in total. The Kier molecular flexibility index (Phi) is 2.62. The van der Waals surface area contributed by atoms with Crippen LogP contribution in [0.3, 0.4) is 0 Å². The minimum atomic E-state index is -1.33. The van der Waals surface area contributed by atoms with Crippen LogP contribution in [0, 0.1) is 6.92 Å². The van der Waals surface area contributed by atoms with Crippen molar-refractivity contribution in [3.05, 3.63) is 23.3 Å². The molecule has 1 atom stereocenters. The first-order valence-corrected chi connectivity index (χ1v) is 3.94. The fourth-order valence-corrected chi connectivity index (χ4v) is 1.08. The van der Waals surface area contributed by atoms with E-state index in [4.69, 9.17) is 10.8 Å². The normalized spacial score (nSPS) is 12.4. The first kappa shape index (κ1) is 10.3. The van der Waals surface area contributed by atoms with Gasteiger partial charge < -0.3 is 21.1 Å². The highest BCUT2D eigenvalue weighted by atomic mass is 16.4. The van der Waals surface area contributed by atoms with E-state index in [1.165, 1.54) is 6.07 Å². The third-order valence-corrected chi connectivity index (χ3v) is 1.95. The van der Waals surface area contributed by atoms with Crippen molar-refractivity contribution in [3.8, 4) is 11.5 Å². The molecule has 0 aliphatic carbocycles. The lowest BCUT2D eigenvalue weighted by atomic mass is 10.0. The van der Waals surface area contributed by atoms with E-state index in [-0.39, 0.29) is 17.1 Å². The summed E-state index contributed by atoms with van der Waals surface area (Å²) in [7, 11) is 0. The van der Waals surface area contributed by atoms with Gasteiger partial charge in [0.2, 0.25) is 0 Å². The number of phenolic OH excluding ortho intramolecular Hbond substituents is 2. The zero-order valence-corrected chi connectivity index (χ0v) is 7.56. The zero-order valence-electron chi connectivity index (χ0n) is 7.56. The Morgan fingerprint density at radius 2 is 1.93 bits per heavy atom. The molecule has 0 bridgehead atoms. The van der Waals surface area contributed by atoms with E-state index in [0.29, 0.717) is 5.56 Å². The summed E-state index contributed by atoms with van der Waals surface area (Å²) < 4.78 is 0. The van der Waals surface area contributed by atoms with Gasteiger partial charge >= 0.3 is 5.97 Å². The molecule has 1 aromatic rings. The molecular formula is C9H11NO4. The lowest BCUT2D eigenvalue weighted by Crippen LogP contribution is -2.20. The summed E-state index contributed by atoms with van der Waals surface area (Å²) in [5, 5.41) is 27.3. The Morgan fingerprint density at radius 3 is 2.43 bits per heavy atom. The van der Waals surface area contributed by atoms with Gasteiger partial charge in [-0.2, -0.15) is 0 Å². The predicted octanol–water partition coefficient (Wildman–Crippen LogP) is 0.491. The molecule has 0 spiro atoms. The van der Waals surface area contributed by atoms with Crippen molar-refractivity contribution in [3.63, 3.8) is 0 Å². The SMILES string of the molecule is Cc1cc(O)c(C(N)C(=O)O)cc1O. The second-order valence-corrected chi connectivity index (χ2v) is 3.01. The number of phenols is 2. The smallest absolute Gasteiger partial charge is 0.325 e. The van der Waals surface area contributed by atoms with Crippen LogP contribution in [0.15, 0.2) is 12.1 Å². The fourth-order valence-electron chi connectivity index (χ4n) is 1.08. The molecule has 0 heterocycles. The lowest BCUT2D eigenvalue weighted by molar-refractivity contribution is -0.138. The summed E-state index contributed by atoms with van der Waals surface area (Å²) in [6.45, 7) is 1.59. The minimum Gasteiger partial charge on any atom is -0.508 e. The van der Waals surface area contributed by atoms with Crippen LogP contribution in [0.5, 0.6) is 11.5 Å². The monoisotopic (exact) mass is 197 g/mol. The first-order valence-electron chi connectivity index (χ1n) is 3.94. The number of hydrogen-bond acceptors (Lipinski definition) is 4. The highest BCUT2D eigenvalue weighted by Crippen LogP contribution is 2.30. The molecule has 1 rings (SSSR count). The molecular weight excluding hydrogens is 186 g/mol. The highest BCUT2D eigenvalue weighted by molar-refractivity contribution is 5.76. The van der Waals surface area contributed by atoms with Crippen LogP contribution in [-0.4, -0.2) is 21.3 Å². The van der Waals surface area contributed by atoms with Crippen LogP contribution in [0.1, 0.15) is 17.2 Å². The zero-order chi connectivity index (χ0) is 10.9. The number of aliphatic carboxylic acids is 1. The number of carboxylic acid groups (broad SMARTS) is 1. The van der Waals surface area contributed by atoms with Gasteiger partial charge in [-0.25, -0.2) is 0 Å². The van der Waals surface area contributed by atoms with E-state index in [1.807, 2.05) is 0 Å². The van der Waals surface area contributed by atoms with Gasteiger partial charge in [0.1, 0.15) is 17.5 Å². The van der Waals surface area contributed by atoms with Crippen molar-refractivity contribution in [1.82, 2.24) is 0 Å². The largest absolute Gasteiger partial charge is 0.508 e. The summed E-state index contributed by atoms with van der Waals surface area (Å²) in [6.07, 6.45) is 0. The summed E-state index contributed by atoms with van der Waals surface area (Å²) in [6, 6.07) is 1.10. The molecule has 5 N–H and O–H groups in total. The first-order chi connectivity index (χ1) is 6.43. The maximum Gasteiger partial charge on any atom is 0.325 e. The van der Waals surface area contributed by atoms with Crippen LogP contribution in [0.25, 0.3) is 0 Å². The second-order valence-electron chi connectivity index (χ2n) is 3.01. The van der Waals surface area contributed by atoms with Gasteiger partial charge in [-0.1, -0.05) is 0 Å². The number of hydrogen-bond donors (Lipinski definition) is 4. The highest BCUT2D eigenvalue weighted by Gasteiger charge is 2.19. The molecule has 0 saturated carbocycles. The average molecular weight is 197 g/mol. The molecule has 5 heteroatoms. The van der Waals surface area contributed by atoms with Crippen molar-refractivity contribution < 1.29 is 20.1 Å². The number of rotatable bonds is 2. The van der Waals surface area contributed by atoms with Gasteiger partial charge in [0.15, 0.2) is 0 Å². The van der Waals surface area contributed by atoms with Gasteiger partial charge in [0.25, 0.3) is 0 Å². The minimum absolute atomic E-state index is 0.000556. The quantitative estimate of drug-likeness (QED) is 0.516. The number of aryl methyl sites for hydroxylation is 1. The second kappa shape index (κ2) is 3.55. The number of nitrogens with two attached hydrogens (primary N) is 1. The summed E-state index contributed by atoms with van der Waals surface area (Å²) in [5.41, 5.74) is 5.75. The average Bonchev–Trinajstić information content (AvgIpc) is 2.10. The number of aromatic hydroxyl groups is 2. The molecule has 0 radical (unpaired) electrons. The Hall–Kier alpha value is -1.75. The van der Waals surface area contributed by atoms with E-state index < -0.39 is 12.0 Å². The van der Waals surface area contributed by atoms with Gasteiger partial charge in [0, 0.05) is 5.56 Å². The maximum atomic E-state index is 10.5. The molecule has 1 aromatic carbocycles. The Morgan fingerprint density at radius 1 is 1.36 bits per heavy atom. The number of benzene rings is 1. The van der Waals surface area contributed by atoms with Gasteiger partial charge in [-0.15, -0.1) is 0 Å². The van der Waals surface area contributed by atoms with Crippen LogP contribution >= 0.6 is 0 Å². The van der Waals surface area contributed by atoms with Gasteiger partial charge in [0.05, 0.1) is 0 Å². The maximum absolute atomic E-state index is 10.5. The fraction of sp³-hybridized carbons (Fsp3) is 0.222. The van der Waals surface area contributed by atoms with E-state index in [0.717, 1.165) is 6.07 Å². The third kappa shape index (κ3) is 1.77. The molecule has 0 saturated heterocycles. The molecule has 0 amide bonds. The molecule has 14 heavy (non-hydrogen) atoms. The van der Waals surface area contributed by atoms with E-state index in [1.54, 1.807) is 6.92 Å². The summed E-state index contributed by atoms with van der Waals surface area (Å²) in [5.74, 6) is -1.58. The molecule has 76 valence electrons. The molecule has 0 aromatic heterocycles.